The Morgan fingerprint density at radius 1 is 0.640 bits per heavy atom. The molecule has 2 heteroatoms. The third kappa shape index (κ3) is 1.59. The first-order chi connectivity index (χ1) is 12.3. The van der Waals surface area contributed by atoms with Crippen LogP contribution in [-0.4, -0.2) is 4.57 Å². The number of aromatic nitrogens is 1. The van der Waals surface area contributed by atoms with Gasteiger partial charge in [-0.25, -0.2) is 0 Å². The van der Waals surface area contributed by atoms with Gasteiger partial charge in [0.2, 0.25) is 0 Å². The summed E-state index contributed by atoms with van der Waals surface area (Å²) in [7, 11) is 2.12. The highest BCUT2D eigenvalue weighted by molar-refractivity contribution is 6.20. The van der Waals surface area contributed by atoms with E-state index in [1.807, 2.05) is 0 Å². The Balaban J connectivity index is 1.86. The summed E-state index contributed by atoms with van der Waals surface area (Å²) in [5, 5.41) is 7.32. The lowest BCUT2D eigenvalue weighted by Gasteiger charge is -1.97. The molecule has 0 aliphatic heterocycles. The topological polar surface area (TPSA) is 18.1 Å². The van der Waals surface area contributed by atoms with Crippen molar-refractivity contribution in [1.82, 2.24) is 4.57 Å². The van der Waals surface area contributed by atoms with Gasteiger partial charge in [0.1, 0.15) is 11.2 Å². The van der Waals surface area contributed by atoms with Crippen LogP contribution in [0.15, 0.2) is 77.2 Å². The maximum atomic E-state index is 6.31. The van der Waals surface area contributed by atoms with Crippen molar-refractivity contribution >= 4 is 54.5 Å². The average molecular weight is 321 g/mol. The summed E-state index contributed by atoms with van der Waals surface area (Å²) in [6.45, 7) is 0. The molecule has 6 aromatic rings. The Morgan fingerprint density at radius 2 is 1.44 bits per heavy atom. The Hall–Kier alpha value is -3.26. The van der Waals surface area contributed by atoms with E-state index in [0.29, 0.717) is 0 Å². The van der Waals surface area contributed by atoms with Gasteiger partial charge in [-0.2, -0.15) is 0 Å². The zero-order valence-electron chi connectivity index (χ0n) is 13.8. The fourth-order valence-corrected chi connectivity index (χ4v) is 4.16. The predicted octanol–water partition coefficient (Wildman–Crippen LogP) is 6.38. The number of fused-ring (bicyclic) bond motifs is 8. The van der Waals surface area contributed by atoms with Gasteiger partial charge >= 0.3 is 0 Å². The summed E-state index contributed by atoms with van der Waals surface area (Å²) >= 11 is 0. The van der Waals surface area contributed by atoms with E-state index < -0.39 is 0 Å². The highest BCUT2D eigenvalue weighted by Crippen LogP contribution is 2.38. The van der Waals surface area contributed by atoms with Crippen molar-refractivity contribution in [3.8, 4) is 0 Å². The smallest absolute Gasteiger partial charge is 0.143 e. The Bertz CT molecular complexity index is 1450. The summed E-state index contributed by atoms with van der Waals surface area (Å²) in [5.41, 5.74) is 4.38. The molecule has 0 unspecified atom stereocenters. The zero-order valence-corrected chi connectivity index (χ0v) is 13.8. The van der Waals surface area contributed by atoms with Crippen molar-refractivity contribution in [2.45, 2.75) is 0 Å². The first-order valence-corrected chi connectivity index (χ1v) is 8.52. The number of hydrogen-bond acceptors (Lipinski definition) is 1. The van der Waals surface area contributed by atoms with Crippen LogP contribution in [0.2, 0.25) is 0 Å². The molecule has 0 fully saturated rings. The van der Waals surface area contributed by atoms with Crippen LogP contribution in [0.25, 0.3) is 54.5 Å². The van der Waals surface area contributed by atoms with Crippen molar-refractivity contribution in [3.63, 3.8) is 0 Å². The molecule has 0 saturated carbocycles. The van der Waals surface area contributed by atoms with Crippen molar-refractivity contribution in [2.75, 3.05) is 0 Å². The van der Waals surface area contributed by atoms with Crippen LogP contribution in [0.4, 0.5) is 0 Å². The maximum Gasteiger partial charge on any atom is 0.143 e. The van der Waals surface area contributed by atoms with E-state index in [2.05, 4.69) is 84.4 Å². The number of nitrogens with zero attached hydrogens (tertiary/aromatic N) is 1. The number of hydrogen-bond donors (Lipinski definition) is 0. The second kappa shape index (κ2) is 4.42. The highest BCUT2D eigenvalue weighted by atomic mass is 16.3. The quantitative estimate of drug-likeness (QED) is 0.317. The molecule has 0 radical (unpaired) electrons. The molecule has 0 spiro atoms. The number of furan rings is 1. The van der Waals surface area contributed by atoms with Crippen molar-refractivity contribution in [1.29, 1.82) is 0 Å². The third-order valence-electron chi connectivity index (χ3n) is 5.40. The Labute approximate surface area is 143 Å². The van der Waals surface area contributed by atoms with Gasteiger partial charge < -0.3 is 8.98 Å². The van der Waals surface area contributed by atoms with Crippen LogP contribution in [0.1, 0.15) is 0 Å². The number of para-hydroxylation sites is 1. The summed E-state index contributed by atoms with van der Waals surface area (Å²) < 4.78 is 8.56. The van der Waals surface area contributed by atoms with Crippen LogP contribution in [-0.2, 0) is 7.05 Å². The first-order valence-electron chi connectivity index (χ1n) is 8.52. The largest absolute Gasteiger partial charge is 0.455 e. The van der Waals surface area contributed by atoms with E-state index in [0.717, 1.165) is 11.2 Å². The molecule has 2 aromatic heterocycles. The van der Waals surface area contributed by atoms with Crippen LogP contribution in [0.3, 0.4) is 0 Å². The molecule has 6 rings (SSSR count). The predicted molar refractivity (Wildman–Crippen MR) is 105 cm³/mol. The summed E-state index contributed by atoms with van der Waals surface area (Å²) in [5.74, 6) is 0. The average Bonchev–Trinajstić information content (AvgIpc) is 3.16. The van der Waals surface area contributed by atoms with Gasteiger partial charge in [-0.15, -0.1) is 0 Å². The van der Waals surface area contributed by atoms with Gasteiger partial charge in [0.15, 0.2) is 0 Å². The summed E-state index contributed by atoms with van der Waals surface area (Å²) in [6.07, 6.45) is 0. The van der Waals surface area contributed by atoms with Gasteiger partial charge in [-0.3, -0.25) is 0 Å². The maximum absolute atomic E-state index is 6.31. The SMILES string of the molecule is Cn1c2ccccc2c2cc3c(cc21)oc1c2ccccc2ccc31. The third-order valence-corrected chi connectivity index (χ3v) is 5.40. The molecule has 25 heavy (non-hydrogen) atoms. The Kier molecular flexibility index (Phi) is 2.31. The van der Waals surface area contributed by atoms with Gasteiger partial charge in [-0.05, 0) is 23.6 Å². The van der Waals surface area contributed by atoms with Crippen LogP contribution < -0.4 is 0 Å². The molecule has 0 atom stereocenters. The van der Waals surface area contributed by atoms with E-state index in [1.165, 1.54) is 43.4 Å². The molecule has 118 valence electrons. The summed E-state index contributed by atoms with van der Waals surface area (Å²) in [6, 6.07) is 25.8. The molecule has 0 amide bonds. The number of rotatable bonds is 0. The first kappa shape index (κ1) is 13.1. The van der Waals surface area contributed by atoms with E-state index in [4.69, 9.17) is 4.42 Å². The van der Waals surface area contributed by atoms with Crippen LogP contribution in [0, 0.1) is 0 Å². The molecule has 0 aliphatic rings. The minimum absolute atomic E-state index is 0.949. The second-order valence-corrected chi connectivity index (χ2v) is 6.71. The normalized spacial score (nSPS) is 12.2. The van der Waals surface area contributed by atoms with E-state index in [-0.39, 0.29) is 0 Å². The molecule has 2 nitrogen and oxygen atoms in total. The van der Waals surface area contributed by atoms with Gasteiger partial charge in [0, 0.05) is 45.6 Å². The lowest BCUT2D eigenvalue weighted by atomic mass is 10.0. The minimum Gasteiger partial charge on any atom is -0.455 e. The molecule has 4 aromatic carbocycles. The highest BCUT2D eigenvalue weighted by Gasteiger charge is 2.14. The second-order valence-electron chi connectivity index (χ2n) is 6.71. The zero-order chi connectivity index (χ0) is 16.5. The van der Waals surface area contributed by atoms with E-state index >= 15 is 0 Å². The number of aryl methyl sites for hydroxylation is 1. The van der Waals surface area contributed by atoms with Gasteiger partial charge in [-0.1, -0.05) is 48.5 Å². The van der Waals surface area contributed by atoms with Crippen LogP contribution >= 0.6 is 0 Å². The minimum atomic E-state index is 0.949. The molecule has 0 N–H and O–H groups in total. The molecule has 0 aliphatic carbocycles. The molecule has 0 bridgehead atoms. The van der Waals surface area contributed by atoms with Crippen LogP contribution in [0.5, 0.6) is 0 Å². The lowest BCUT2D eigenvalue weighted by molar-refractivity contribution is 0.673. The Morgan fingerprint density at radius 3 is 2.36 bits per heavy atom. The van der Waals surface area contributed by atoms with E-state index in [1.54, 1.807) is 0 Å². The molecule has 0 saturated heterocycles. The monoisotopic (exact) mass is 321 g/mol. The number of benzene rings is 4. The fraction of sp³-hybridized carbons (Fsp3) is 0.0435. The standard InChI is InChI=1S/C23H15NO/c1-24-20-9-5-4-8-16(20)18-12-19-17-11-10-14-6-2-3-7-15(14)23(17)25-22(19)13-21(18)24/h2-13H,1H3. The summed E-state index contributed by atoms with van der Waals surface area (Å²) in [4.78, 5) is 0. The van der Waals surface area contributed by atoms with Crippen molar-refractivity contribution in [3.05, 3.63) is 72.8 Å². The van der Waals surface area contributed by atoms with E-state index in [9.17, 15) is 0 Å². The molecular formula is C23H15NO. The molecule has 2 heterocycles. The van der Waals surface area contributed by atoms with Crippen molar-refractivity contribution in [2.24, 2.45) is 7.05 Å². The lowest BCUT2D eigenvalue weighted by Crippen LogP contribution is -1.85. The van der Waals surface area contributed by atoms with Gasteiger partial charge in [0.05, 0.1) is 5.52 Å². The van der Waals surface area contributed by atoms with Gasteiger partial charge in [0.25, 0.3) is 0 Å². The molecular weight excluding hydrogens is 306 g/mol. The fourth-order valence-electron chi connectivity index (χ4n) is 4.16. The van der Waals surface area contributed by atoms with Crippen molar-refractivity contribution < 1.29 is 4.42 Å².